The Morgan fingerprint density at radius 2 is 1.93 bits per heavy atom. The zero-order chi connectivity index (χ0) is 19.7. The second-order valence-corrected chi connectivity index (χ2v) is 8.20. The van der Waals surface area contributed by atoms with E-state index in [2.05, 4.69) is 30.0 Å². The van der Waals surface area contributed by atoms with Crippen LogP contribution in [0.25, 0.3) is 10.9 Å². The van der Waals surface area contributed by atoms with Crippen LogP contribution in [0.15, 0.2) is 18.2 Å². The molecule has 28 heavy (non-hydrogen) atoms. The third-order valence-corrected chi connectivity index (χ3v) is 6.11. The van der Waals surface area contributed by atoms with Gasteiger partial charge < -0.3 is 14.5 Å². The summed E-state index contributed by atoms with van der Waals surface area (Å²) in [6, 6.07) is 6.30. The van der Waals surface area contributed by atoms with Crippen molar-refractivity contribution >= 4 is 22.8 Å². The molecule has 1 aromatic carbocycles. The number of carbonyl (C=O) groups is 1. The van der Waals surface area contributed by atoms with E-state index in [1.165, 1.54) is 5.56 Å². The van der Waals surface area contributed by atoms with Crippen LogP contribution < -0.4 is 4.90 Å². The molecule has 0 N–H and O–H groups in total. The zero-order valence-corrected chi connectivity index (χ0v) is 17.1. The van der Waals surface area contributed by atoms with Crippen molar-refractivity contribution in [2.45, 2.75) is 45.6 Å². The number of fused-ring (bicyclic) bond motifs is 1. The van der Waals surface area contributed by atoms with E-state index in [1.807, 2.05) is 11.8 Å². The fourth-order valence-electron chi connectivity index (χ4n) is 4.47. The largest absolute Gasteiger partial charge is 0.380 e. The van der Waals surface area contributed by atoms with Gasteiger partial charge in [0.25, 0.3) is 0 Å². The summed E-state index contributed by atoms with van der Waals surface area (Å²) in [6.45, 7) is 7.29. The molecule has 0 saturated carbocycles. The zero-order valence-electron chi connectivity index (χ0n) is 17.1. The minimum absolute atomic E-state index is 0.0152. The Hall–Kier alpha value is -2.21. The van der Waals surface area contributed by atoms with Crippen LogP contribution in [0.5, 0.6) is 0 Å². The topological polar surface area (TPSA) is 58.6 Å². The second-order valence-electron chi connectivity index (χ2n) is 8.20. The van der Waals surface area contributed by atoms with Gasteiger partial charge in [0.15, 0.2) is 0 Å². The molecule has 2 aliphatic heterocycles. The van der Waals surface area contributed by atoms with Crippen LogP contribution in [-0.4, -0.2) is 60.2 Å². The van der Waals surface area contributed by atoms with Gasteiger partial charge in [-0.2, -0.15) is 0 Å². The summed E-state index contributed by atoms with van der Waals surface area (Å²) < 4.78 is 5.49. The number of anilines is 1. The number of rotatable bonds is 3. The Balaban J connectivity index is 1.52. The number of benzene rings is 1. The monoisotopic (exact) mass is 382 g/mol. The van der Waals surface area contributed by atoms with E-state index < -0.39 is 0 Å². The fourth-order valence-corrected chi connectivity index (χ4v) is 4.47. The maximum Gasteiger partial charge on any atom is 0.227 e. The molecule has 4 rings (SSSR count). The molecule has 6 nitrogen and oxygen atoms in total. The number of hydrogen-bond acceptors (Lipinski definition) is 5. The molecule has 0 radical (unpaired) electrons. The highest BCUT2D eigenvalue weighted by Gasteiger charge is 2.32. The standard InChI is InChI=1S/C22H30N4O2/c1-15-8-9-19-16(2)23-22(24-20(19)12-15)26-11-4-6-17(13-26)21(27)25-10-5-7-18(14-25)28-3/h8-9,12,17-18H,4-7,10-11,13-14H2,1-3H3. The highest BCUT2D eigenvalue weighted by atomic mass is 16.5. The quantitative estimate of drug-likeness (QED) is 0.816. The minimum Gasteiger partial charge on any atom is -0.380 e. The Morgan fingerprint density at radius 1 is 1.11 bits per heavy atom. The van der Waals surface area contributed by atoms with E-state index in [9.17, 15) is 4.79 Å². The number of hydrogen-bond donors (Lipinski definition) is 0. The average molecular weight is 383 g/mol. The number of amides is 1. The Bertz CT molecular complexity index is 869. The van der Waals surface area contributed by atoms with Gasteiger partial charge >= 0.3 is 0 Å². The molecular formula is C22H30N4O2. The van der Waals surface area contributed by atoms with E-state index in [0.717, 1.165) is 67.9 Å². The Kier molecular flexibility index (Phi) is 5.49. The molecule has 1 aromatic heterocycles. The first-order valence-corrected chi connectivity index (χ1v) is 10.4. The second kappa shape index (κ2) is 8.03. The van der Waals surface area contributed by atoms with Gasteiger partial charge in [0.05, 0.1) is 23.2 Å². The molecule has 0 aliphatic carbocycles. The third-order valence-electron chi connectivity index (χ3n) is 6.11. The summed E-state index contributed by atoms with van der Waals surface area (Å²) in [5, 5.41) is 1.10. The summed E-state index contributed by atoms with van der Waals surface area (Å²) in [4.78, 5) is 26.9. The van der Waals surface area contributed by atoms with Crippen molar-refractivity contribution in [2.75, 3.05) is 38.2 Å². The van der Waals surface area contributed by atoms with Crippen LogP contribution in [-0.2, 0) is 9.53 Å². The molecular weight excluding hydrogens is 352 g/mol. The molecule has 3 heterocycles. The van der Waals surface area contributed by atoms with Gasteiger partial charge in [0.1, 0.15) is 0 Å². The van der Waals surface area contributed by atoms with Gasteiger partial charge in [0.2, 0.25) is 11.9 Å². The average Bonchev–Trinajstić information content (AvgIpc) is 2.73. The van der Waals surface area contributed by atoms with E-state index in [1.54, 1.807) is 7.11 Å². The molecule has 0 spiro atoms. The summed E-state index contributed by atoms with van der Waals surface area (Å²) >= 11 is 0. The number of ether oxygens (including phenoxy) is 1. The highest BCUT2D eigenvalue weighted by Crippen LogP contribution is 2.26. The van der Waals surface area contributed by atoms with Gasteiger partial charge in [-0.15, -0.1) is 0 Å². The summed E-state index contributed by atoms with van der Waals surface area (Å²) in [5.41, 5.74) is 3.17. The first-order chi connectivity index (χ1) is 13.5. The maximum atomic E-state index is 13.1. The van der Waals surface area contributed by atoms with E-state index in [4.69, 9.17) is 14.7 Å². The van der Waals surface area contributed by atoms with Crippen molar-refractivity contribution in [3.63, 3.8) is 0 Å². The predicted octanol–water partition coefficient (Wildman–Crippen LogP) is 3.10. The first-order valence-electron chi connectivity index (χ1n) is 10.4. The summed E-state index contributed by atoms with van der Waals surface area (Å²) in [7, 11) is 1.74. The van der Waals surface area contributed by atoms with Crippen molar-refractivity contribution in [1.29, 1.82) is 0 Å². The van der Waals surface area contributed by atoms with Crippen LogP contribution in [0.3, 0.4) is 0 Å². The van der Waals surface area contributed by atoms with Crippen molar-refractivity contribution in [3.05, 3.63) is 29.5 Å². The van der Waals surface area contributed by atoms with Gasteiger partial charge in [-0.3, -0.25) is 4.79 Å². The van der Waals surface area contributed by atoms with Gasteiger partial charge in [-0.05, 0) is 51.2 Å². The molecule has 2 saturated heterocycles. The lowest BCUT2D eigenvalue weighted by molar-refractivity contribution is -0.139. The molecule has 2 unspecified atom stereocenters. The number of carbonyl (C=O) groups excluding carboxylic acids is 1. The lowest BCUT2D eigenvalue weighted by Gasteiger charge is -2.38. The number of likely N-dealkylation sites (tertiary alicyclic amines) is 1. The number of methoxy groups -OCH3 is 1. The van der Waals surface area contributed by atoms with Crippen LogP contribution in [0.1, 0.15) is 36.9 Å². The van der Waals surface area contributed by atoms with E-state index in [-0.39, 0.29) is 17.9 Å². The third kappa shape index (κ3) is 3.83. The smallest absolute Gasteiger partial charge is 0.227 e. The maximum absolute atomic E-state index is 13.1. The van der Waals surface area contributed by atoms with Crippen molar-refractivity contribution in [2.24, 2.45) is 5.92 Å². The highest BCUT2D eigenvalue weighted by molar-refractivity contribution is 5.83. The Morgan fingerprint density at radius 3 is 2.75 bits per heavy atom. The van der Waals surface area contributed by atoms with Gasteiger partial charge in [-0.1, -0.05) is 12.1 Å². The first kappa shape index (κ1) is 19.1. The van der Waals surface area contributed by atoms with Crippen LogP contribution in [0, 0.1) is 19.8 Å². The summed E-state index contributed by atoms with van der Waals surface area (Å²) in [5.74, 6) is 1.03. The van der Waals surface area contributed by atoms with Crippen LogP contribution >= 0.6 is 0 Å². The minimum atomic E-state index is 0.0152. The molecule has 0 bridgehead atoms. The van der Waals surface area contributed by atoms with Crippen LogP contribution in [0.4, 0.5) is 5.95 Å². The summed E-state index contributed by atoms with van der Waals surface area (Å²) in [6.07, 6.45) is 4.17. The van der Waals surface area contributed by atoms with Gasteiger partial charge in [0, 0.05) is 38.7 Å². The van der Waals surface area contributed by atoms with Crippen molar-refractivity contribution < 1.29 is 9.53 Å². The van der Waals surface area contributed by atoms with E-state index in [0.29, 0.717) is 6.54 Å². The van der Waals surface area contributed by atoms with E-state index >= 15 is 0 Å². The normalized spacial score (nSPS) is 23.2. The molecule has 2 aliphatic rings. The molecule has 2 atom stereocenters. The number of nitrogens with zero attached hydrogens (tertiary/aromatic N) is 4. The van der Waals surface area contributed by atoms with Crippen molar-refractivity contribution in [1.82, 2.24) is 14.9 Å². The Labute approximate surface area is 166 Å². The van der Waals surface area contributed by atoms with Crippen LogP contribution in [0.2, 0.25) is 0 Å². The molecule has 2 aromatic rings. The molecule has 1 amide bonds. The lowest BCUT2D eigenvalue weighted by Crippen LogP contribution is -2.49. The molecule has 2 fully saturated rings. The number of aryl methyl sites for hydroxylation is 2. The van der Waals surface area contributed by atoms with Crippen molar-refractivity contribution in [3.8, 4) is 0 Å². The number of piperidine rings is 2. The van der Waals surface area contributed by atoms with Gasteiger partial charge in [-0.25, -0.2) is 9.97 Å². The predicted molar refractivity (Wildman–Crippen MR) is 111 cm³/mol. The molecule has 6 heteroatoms. The number of aromatic nitrogens is 2. The molecule has 150 valence electrons. The SMILES string of the molecule is COC1CCCN(C(=O)C2CCCN(c3nc(C)c4ccc(C)cc4n3)C2)C1. The fraction of sp³-hybridized carbons (Fsp3) is 0.591. The lowest BCUT2D eigenvalue weighted by atomic mass is 9.95.